The first-order valence-corrected chi connectivity index (χ1v) is 5.98. The van der Waals surface area contributed by atoms with E-state index in [9.17, 15) is 0 Å². The molecular weight excluding hydrogens is 248 g/mol. The van der Waals surface area contributed by atoms with Crippen molar-refractivity contribution in [3.63, 3.8) is 0 Å². The second-order valence-corrected chi connectivity index (χ2v) is 4.01. The van der Waals surface area contributed by atoms with Gasteiger partial charge in [-0.25, -0.2) is 0 Å². The number of nitrogens with one attached hydrogen (secondary N) is 1. The van der Waals surface area contributed by atoms with Crippen molar-refractivity contribution in [2.45, 2.75) is 0 Å². The van der Waals surface area contributed by atoms with E-state index in [4.69, 9.17) is 21.7 Å². The average Bonchev–Trinajstić information content (AvgIpc) is 2.40. The molecule has 4 nitrogen and oxygen atoms in total. The van der Waals surface area contributed by atoms with Crippen LogP contribution in [0.15, 0.2) is 36.7 Å². The first-order chi connectivity index (χ1) is 8.83. The number of para-hydroxylation sites is 1. The smallest absolute Gasteiger partial charge is 0.130 e. The summed E-state index contributed by atoms with van der Waals surface area (Å²) in [6.07, 6.45) is 3.39. The van der Waals surface area contributed by atoms with Crippen molar-refractivity contribution < 1.29 is 9.47 Å². The Kier molecular flexibility index (Phi) is 4.44. The standard InChI is InChI=1S/C13H14N2O2S/c1-16-8-9-17-11-5-3-2-4-10(11)12-13(18)15-7-6-14-12/h2-7H,8-9H2,1H3,(H,15,18). The summed E-state index contributed by atoms with van der Waals surface area (Å²) in [5.41, 5.74) is 1.61. The molecule has 0 fully saturated rings. The number of nitrogens with zero attached hydrogens (tertiary/aromatic N) is 1. The maximum atomic E-state index is 5.66. The Bertz CT molecular complexity index is 569. The lowest BCUT2D eigenvalue weighted by Crippen LogP contribution is -2.05. The van der Waals surface area contributed by atoms with Crippen molar-refractivity contribution >= 4 is 12.2 Å². The second kappa shape index (κ2) is 6.28. The number of methoxy groups -OCH3 is 1. The molecule has 0 saturated heterocycles. The molecule has 18 heavy (non-hydrogen) atoms. The summed E-state index contributed by atoms with van der Waals surface area (Å²) in [7, 11) is 1.64. The lowest BCUT2D eigenvalue weighted by atomic mass is 10.1. The van der Waals surface area contributed by atoms with Crippen LogP contribution in [0.2, 0.25) is 0 Å². The van der Waals surface area contributed by atoms with E-state index < -0.39 is 0 Å². The van der Waals surface area contributed by atoms with Crippen molar-refractivity contribution in [1.29, 1.82) is 0 Å². The van der Waals surface area contributed by atoms with Gasteiger partial charge in [0.15, 0.2) is 0 Å². The highest BCUT2D eigenvalue weighted by molar-refractivity contribution is 7.71. The van der Waals surface area contributed by atoms with Gasteiger partial charge in [-0.05, 0) is 12.1 Å². The van der Waals surface area contributed by atoms with Crippen LogP contribution in [0.4, 0.5) is 0 Å². The molecular formula is C13H14N2O2S. The molecule has 1 N–H and O–H groups in total. The molecule has 94 valence electrons. The first kappa shape index (κ1) is 12.7. The minimum atomic E-state index is 0.497. The SMILES string of the molecule is COCCOc1ccccc1-c1ncc[nH]c1=S. The number of aromatic amines is 1. The molecule has 0 aliphatic rings. The molecule has 2 rings (SSSR count). The lowest BCUT2D eigenvalue weighted by molar-refractivity contribution is 0.146. The van der Waals surface area contributed by atoms with Crippen molar-refractivity contribution in [2.24, 2.45) is 0 Å². The summed E-state index contributed by atoms with van der Waals surface area (Å²) >= 11 is 5.23. The van der Waals surface area contributed by atoms with Gasteiger partial charge in [0, 0.05) is 25.1 Å². The summed E-state index contributed by atoms with van der Waals surface area (Å²) < 4.78 is 11.2. The van der Waals surface area contributed by atoms with E-state index >= 15 is 0 Å². The molecule has 0 aliphatic carbocycles. The Labute approximate surface area is 111 Å². The van der Waals surface area contributed by atoms with Crippen LogP contribution in [0.3, 0.4) is 0 Å². The third kappa shape index (κ3) is 2.94. The minimum Gasteiger partial charge on any atom is -0.490 e. The van der Waals surface area contributed by atoms with E-state index in [1.165, 1.54) is 0 Å². The highest BCUT2D eigenvalue weighted by atomic mass is 32.1. The molecule has 0 saturated carbocycles. The molecule has 0 aliphatic heterocycles. The van der Waals surface area contributed by atoms with E-state index in [1.807, 2.05) is 24.3 Å². The van der Waals surface area contributed by atoms with Crippen LogP contribution in [-0.4, -0.2) is 30.3 Å². The summed E-state index contributed by atoms with van der Waals surface area (Å²) in [6, 6.07) is 7.69. The zero-order valence-electron chi connectivity index (χ0n) is 10.1. The number of rotatable bonds is 5. The fraction of sp³-hybridized carbons (Fsp3) is 0.231. The summed E-state index contributed by atoms with van der Waals surface area (Å²) in [5.74, 6) is 0.757. The van der Waals surface area contributed by atoms with E-state index in [-0.39, 0.29) is 0 Å². The van der Waals surface area contributed by atoms with Crippen molar-refractivity contribution in [3.05, 3.63) is 41.3 Å². The van der Waals surface area contributed by atoms with Gasteiger partial charge in [-0.2, -0.15) is 0 Å². The topological polar surface area (TPSA) is 47.1 Å². The van der Waals surface area contributed by atoms with Crippen LogP contribution in [0.5, 0.6) is 5.75 Å². The highest BCUT2D eigenvalue weighted by Crippen LogP contribution is 2.28. The van der Waals surface area contributed by atoms with Crippen molar-refractivity contribution in [1.82, 2.24) is 9.97 Å². The number of aromatic nitrogens is 2. The van der Waals surface area contributed by atoms with Crippen molar-refractivity contribution in [3.8, 4) is 17.0 Å². The Morgan fingerprint density at radius 3 is 2.89 bits per heavy atom. The molecule has 5 heteroatoms. The van der Waals surface area contributed by atoms with E-state index in [2.05, 4.69) is 9.97 Å². The van der Waals surface area contributed by atoms with Gasteiger partial charge >= 0.3 is 0 Å². The maximum absolute atomic E-state index is 5.66. The minimum absolute atomic E-state index is 0.497. The van der Waals surface area contributed by atoms with Crippen LogP contribution in [0.1, 0.15) is 0 Å². The second-order valence-electron chi connectivity index (χ2n) is 3.60. The number of ether oxygens (including phenoxy) is 2. The number of benzene rings is 1. The average molecular weight is 262 g/mol. The van der Waals surface area contributed by atoms with Gasteiger partial charge in [0.1, 0.15) is 22.7 Å². The summed E-state index contributed by atoms with van der Waals surface area (Å²) in [6.45, 7) is 1.04. The molecule has 0 atom stereocenters. The fourth-order valence-corrected chi connectivity index (χ4v) is 1.80. The Morgan fingerprint density at radius 2 is 2.11 bits per heavy atom. The molecule has 0 unspecified atom stereocenters. The van der Waals surface area contributed by atoms with Gasteiger partial charge in [-0.15, -0.1) is 0 Å². The predicted molar refractivity (Wildman–Crippen MR) is 72.2 cm³/mol. The van der Waals surface area contributed by atoms with Gasteiger partial charge in [0.05, 0.1) is 6.61 Å². The van der Waals surface area contributed by atoms with E-state index in [0.717, 1.165) is 17.0 Å². The quantitative estimate of drug-likeness (QED) is 0.665. The molecule has 0 amide bonds. The van der Waals surface area contributed by atoms with Gasteiger partial charge < -0.3 is 14.5 Å². The van der Waals surface area contributed by atoms with Gasteiger partial charge in [0.2, 0.25) is 0 Å². The van der Waals surface area contributed by atoms with Gasteiger partial charge in [0.25, 0.3) is 0 Å². The molecule has 1 aromatic heterocycles. The monoisotopic (exact) mass is 262 g/mol. The molecule has 1 aromatic carbocycles. The van der Waals surface area contributed by atoms with Crippen LogP contribution < -0.4 is 4.74 Å². The van der Waals surface area contributed by atoms with Crippen LogP contribution in [0.25, 0.3) is 11.3 Å². The number of hydrogen-bond acceptors (Lipinski definition) is 4. The third-order valence-corrected chi connectivity index (χ3v) is 2.71. The molecule has 0 bridgehead atoms. The van der Waals surface area contributed by atoms with Crippen LogP contribution in [0, 0.1) is 4.64 Å². The molecule has 1 heterocycles. The van der Waals surface area contributed by atoms with Crippen LogP contribution >= 0.6 is 12.2 Å². The van der Waals surface area contributed by atoms with Gasteiger partial charge in [-0.3, -0.25) is 4.98 Å². The van der Waals surface area contributed by atoms with Gasteiger partial charge in [-0.1, -0.05) is 24.4 Å². The number of H-pyrrole nitrogens is 1. The van der Waals surface area contributed by atoms with E-state index in [0.29, 0.717) is 17.9 Å². The third-order valence-electron chi connectivity index (χ3n) is 2.39. The Morgan fingerprint density at radius 1 is 1.28 bits per heavy atom. The Hall–Kier alpha value is -1.72. The lowest BCUT2D eigenvalue weighted by Gasteiger charge is -2.10. The zero-order chi connectivity index (χ0) is 12.8. The molecule has 0 radical (unpaired) electrons. The van der Waals surface area contributed by atoms with E-state index in [1.54, 1.807) is 19.5 Å². The number of hydrogen-bond donors (Lipinski definition) is 1. The maximum Gasteiger partial charge on any atom is 0.130 e. The molecule has 0 spiro atoms. The largest absolute Gasteiger partial charge is 0.490 e. The molecule has 2 aromatic rings. The van der Waals surface area contributed by atoms with Crippen LogP contribution in [-0.2, 0) is 4.74 Å². The fourth-order valence-electron chi connectivity index (χ4n) is 1.57. The summed E-state index contributed by atoms with van der Waals surface area (Å²) in [4.78, 5) is 7.26. The predicted octanol–water partition coefficient (Wildman–Crippen LogP) is 2.83. The van der Waals surface area contributed by atoms with Crippen molar-refractivity contribution in [2.75, 3.05) is 20.3 Å². The summed E-state index contributed by atoms with van der Waals surface area (Å²) in [5, 5.41) is 0. The highest BCUT2D eigenvalue weighted by Gasteiger charge is 2.08. The first-order valence-electron chi connectivity index (χ1n) is 5.58. The normalized spacial score (nSPS) is 10.3. The Balaban J connectivity index is 2.33. The zero-order valence-corrected chi connectivity index (χ0v) is 10.9.